The number of methoxy groups -OCH3 is 2. The smallest absolute Gasteiger partial charge is 0.337 e. The molecule has 2 rings (SSSR count). The predicted molar refractivity (Wildman–Crippen MR) is 104 cm³/mol. The Labute approximate surface area is 163 Å². The Kier molecular flexibility index (Phi) is 6.63. The molecule has 0 saturated heterocycles. The molecule has 0 spiro atoms. The van der Waals surface area contributed by atoms with Crippen LogP contribution in [0.1, 0.15) is 34.6 Å². The van der Waals surface area contributed by atoms with Gasteiger partial charge in [0.2, 0.25) is 0 Å². The summed E-state index contributed by atoms with van der Waals surface area (Å²) in [4.78, 5) is 23.9. The van der Waals surface area contributed by atoms with E-state index < -0.39 is 21.9 Å². The van der Waals surface area contributed by atoms with Gasteiger partial charge in [0.25, 0.3) is 15.9 Å². The van der Waals surface area contributed by atoms with Gasteiger partial charge in [0.1, 0.15) is 5.75 Å². The monoisotopic (exact) mass is 406 g/mol. The standard InChI is InChI=1S/C19H22N2O6S/c1-12(2)20-18(22)16-11-15(8-9-17(16)26-3)28(24,25)21-14-7-5-6-13(10-14)19(23)27-4/h5-12,21H,1-4H3,(H,20,22). The third-order valence-corrected chi connectivity index (χ3v) is 5.06. The van der Waals surface area contributed by atoms with E-state index >= 15 is 0 Å². The number of anilines is 1. The van der Waals surface area contributed by atoms with E-state index in [0.29, 0.717) is 0 Å². The van der Waals surface area contributed by atoms with E-state index in [4.69, 9.17) is 4.74 Å². The van der Waals surface area contributed by atoms with Gasteiger partial charge >= 0.3 is 5.97 Å². The van der Waals surface area contributed by atoms with Crippen LogP contribution in [0.3, 0.4) is 0 Å². The molecular formula is C19H22N2O6S. The van der Waals surface area contributed by atoms with Crippen molar-refractivity contribution in [1.29, 1.82) is 0 Å². The van der Waals surface area contributed by atoms with Crippen molar-refractivity contribution >= 4 is 27.6 Å². The van der Waals surface area contributed by atoms with Crippen LogP contribution in [0.4, 0.5) is 5.69 Å². The summed E-state index contributed by atoms with van der Waals surface area (Å²) >= 11 is 0. The molecule has 0 unspecified atom stereocenters. The fraction of sp³-hybridized carbons (Fsp3) is 0.263. The minimum Gasteiger partial charge on any atom is -0.496 e. The maximum atomic E-state index is 12.7. The fourth-order valence-electron chi connectivity index (χ4n) is 2.41. The number of carbonyl (C=O) groups is 2. The number of hydrogen-bond donors (Lipinski definition) is 2. The van der Waals surface area contributed by atoms with Crippen molar-refractivity contribution in [2.24, 2.45) is 0 Å². The zero-order valence-corrected chi connectivity index (χ0v) is 16.8. The van der Waals surface area contributed by atoms with Crippen LogP contribution in [-0.2, 0) is 14.8 Å². The van der Waals surface area contributed by atoms with Crippen molar-refractivity contribution in [2.75, 3.05) is 18.9 Å². The summed E-state index contributed by atoms with van der Waals surface area (Å²) in [6, 6.07) is 9.75. The van der Waals surface area contributed by atoms with Gasteiger partial charge in [-0.3, -0.25) is 9.52 Å². The quantitative estimate of drug-likeness (QED) is 0.683. The first-order valence-corrected chi connectivity index (χ1v) is 9.86. The zero-order chi connectivity index (χ0) is 20.9. The second-order valence-corrected chi connectivity index (χ2v) is 7.85. The number of esters is 1. The van der Waals surface area contributed by atoms with E-state index in [9.17, 15) is 18.0 Å². The van der Waals surface area contributed by atoms with Crippen molar-refractivity contribution in [2.45, 2.75) is 24.8 Å². The molecule has 0 aliphatic rings. The molecule has 8 nitrogen and oxygen atoms in total. The summed E-state index contributed by atoms with van der Waals surface area (Å²) in [5.41, 5.74) is 0.490. The average molecular weight is 406 g/mol. The molecule has 0 bridgehead atoms. The summed E-state index contributed by atoms with van der Waals surface area (Å²) in [6.07, 6.45) is 0. The SMILES string of the molecule is COC(=O)c1cccc(NS(=O)(=O)c2ccc(OC)c(C(=O)NC(C)C)c2)c1. The summed E-state index contributed by atoms with van der Waals surface area (Å²) < 4.78 is 37.7. The van der Waals surface area contributed by atoms with E-state index in [1.165, 1.54) is 56.7 Å². The highest BCUT2D eigenvalue weighted by atomic mass is 32.2. The van der Waals surface area contributed by atoms with Crippen molar-refractivity contribution in [1.82, 2.24) is 5.32 Å². The van der Waals surface area contributed by atoms with Crippen molar-refractivity contribution in [3.05, 3.63) is 53.6 Å². The summed E-state index contributed by atoms with van der Waals surface area (Å²) in [5, 5.41) is 2.70. The lowest BCUT2D eigenvalue weighted by atomic mass is 10.2. The Morgan fingerprint density at radius 2 is 1.75 bits per heavy atom. The summed E-state index contributed by atoms with van der Waals surface area (Å²) in [6.45, 7) is 3.58. The fourth-order valence-corrected chi connectivity index (χ4v) is 3.49. The molecule has 9 heteroatoms. The second kappa shape index (κ2) is 8.75. The van der Waals surface area contributed by atoms with Gasteiger partial charge in [-0.1, -0.05) is 6.07 Å². The number of carbonyl (C=O) groups excluding carboxylic acids is 2. The van der Waals surface area contributed by atoms with E-state index in [-0.39, 0.29) is 33.5 Å². The van der Waals surface area contributed by atoms with E-state index in [1.54, 1.807) is 13.8 Å². The first-order valence-electron chi connectivity index (χ1n) is 8.38. The molecule has 28 heavy (non-hydrogen) atoms. The third kappa shape index (κ3) is 5.01. The van der Waals surface area contributed by atoms with Crippen LogP contribution in [0.5, 0.6) is 5.75 Å². The second-order valence-electron chi connectivity index (χ2n) is 6.17. The molecule has 0 atom stereocenters. The molecule has 0 fully saturated rings. The van der Waals surface area contributed by atoms with Crippen LogP contribution in [0, 0.1) is 0 Å². The number of sulfonamides is 1. The molecule has 0 saturated carbocycles. The number of hydrogen-bond acceptors (Lipinski definition) is 6. The van der Waals surface area contributed by atoms with Crippen molar-refractivity contribution in [3.63, 3.8) is 0 Å². The van der Waals surface area contributed by atoms with Crippen molar-refractivity contribution in [3.8, 4) is 5.75 Å². The van der Waals surface area contributed by atoms with Gasteiger partial charge < -0.3 is 14.8 Å². The predicted octanol–water partition coefficient (Wildman–Crippen LogP) is 2.42. The minimum atomic E-state index is -4.01. The van der Waals surface area contributed by atoms with E-state index in [0.717, 1.165) is 0 Å². The largest absolute Gasteiger partial charge is 0.496 e. The number of ether oxygens (including phenoxy) is 2. The Bertz CT molecular complexity index is 986. The topological polar surface area (TPSA) is 111 Å². The Hall–Kier alpha value is -3.07. The number of nitrogens with one attached hydrogen (secondary N) is 2. The molecular weight excluding hydrogens is 384 g/mol. The Morgan fingerprint density at radius 3 is 2.36 bits per heavy atom. The normalized spacial score (nSPS) is 11.0. The first kappa shape index (κ1) is 21.2. The Morgan fingerprint density at radius 1 is 1.04 bits per heavy atom. The molecule has 2 N–H and O–H groups in total. The molecule has 0 aromatic heterocycles. The first-order chi connectivity index (χ1) is 13.2. The number of rotatable bonds is 7. The van der Waals surface area contributed by atoms with Crippen LogP contribution in [-0.4, -0.2) is 40.6 Å². The zero-order valence-electron chi connectivity index (χ0n) is 16.0. The van der Waals surface area contributed by atoms with Gasteiger partial charge in [0.05, 0.1) is 30.2 Å². The van der Waals surface area contributed by atoms with Crippen molar-refractivity contribution < 1.29 is 27.5 Å². The summed E-state index contributed by atoms with van der Waals surface area (Å²) in [7, 11) is -1.38. The maximum Gasteiger partial charge on any atom is 0.337 e. The molecule has 2 aromatic rings. The minimum absolute atomic E-state index is 0.0994. The van der Waals surface area contributed by atoms with Gasteiger partial charge in [-0.05, 0) is 50.2 Å². The number of benzene rings is 2. The van der Waals surface area contributed by atoms with Gasteiger partial charge in [0.15, 0.2) is 0 Å². The molecule has 0 heterocycles. The lowest BCUT2D eigenvalue weighted by Crippen LogP contribution is -2.30. The molecule has 0 radical (unpaired) electrons. The summed E-state index contributed by atoms with van der Waals surface area (Å²) in [5.74, 6) is -0.778. The van der Waals surface area contributed by atoms with Gasteiger partial charge in [-0.15, -0.1) is 0 Å². The van der Waals surface area contributed by atoms with Crippen LogP contribution in [0.25, 0.3) is 0 Å². The highest BCUT2D eigenvalue weighted by Crippen LogP contribution is 2.24. The average Bonchev–Trinajstić information content (AvgIpc) is 2.66. The third-order valence-electron chi connectivity index (χ3n) is 3.68. The van der Waals surface area contributed by atoms with Crippen LogP contribution in [0.2, 0.25) is 0 Å². The van der Waals surface area contributed by atoms with E-state index in [1.807, 2.05) is 0 Å². The molecule has 1 amide bonds. The highest BCUT2D eigenvalue weighted by molar-refractivity contribution is 7.92. The lowest BCUT2D eigenvalue weighted by Gasteiger charge is -2.14. The molecule has 150 valence electrons. The number of amides is 1. The maximum absolute atomic E-state index is 12.7. The van der Waals surface area contributed by atoms with Crippen LogP contribution < -0.4 is 14.8 Å². The van der Waals surface area contributed by atoms with Gasteiger partial charge in [-0.25, -0.2) is 13.2 Å². The van der Waals surface area contributed by atoms with Crippen LogP contribution >= 0.6 is 0 Å². The molecule has 0 aliphatic heterocycles. The lowest BCUT2D eigenvalue weighted by molar-refractivity contribution is 0.0600. The van der Waals surface area contributed by atoms with Gasteiger partial charge in [-0.2, -0.15) is 0 Å². The Balaban J connectivity index is 2.38. The van der Waals surface area contributed by atoms with Crippen LogP contribution in [0.15, 0.2) is 47.4 Å². The molecule has 0 aliphatic carbocycles. The van der Waals surface area contributed by atoms with E-state index in [2.05, 4.69) is 14.8 Å². The molecule has 2 aromatic carbocycles. The van der Waals surface area contributed by atoms with Gasteiger partial charge in [0, 0.05) is 11.7 Å². The highest BCUT2D eigenvalue weighted by Gasteiger charge is 2.21.